The van der Waals surface area contributed by atoms with Gasteiger partial charge in [-0.2, -0.15) is 0 Å². The molecule has 5 heteroatoms. The molecule has 1 aromatic heterocycles. The lowest BCUT2D eigenvalue weighted by Crippen LogP contribution is -2.21. The van der Waals surface area contributed by atoms with Gasteiger partial charge in [-0.15, -0.1) is 0 Å². The molecule has 1 aromatic rings. The average Bonchev–Trinajstić information content (AvgIpc) is 2.31. The predicted molar refractivity (Wildman–Crippen MR) is 70.2 cm³/mol. The Morgan fingerprint density at radius 3 is 2.71 bits per heavy atom. The number of aromatic nitrogens is 1. The topological polar surface area (TPSA) is 57.3 Å². The SMILES string of the molecule is CCC(=O)Nc1ccc(NCCN(C)C)nc1. The first-order valence-corrected chi connectivity index (χ1v) is 5.76. The zero-order valence-corrected chi connectivity index (χ0v) is 10.7. The number of nitrogens with one attached hydrogen (secondary N) is 2. The Balaban J connectivity index is 2.42. The summed E-state index contributed by atoms with van der Waals surface area (Å²) in [5, 5.41) is 5.96. The fourth-order valence-corrected chi connectivity index (χ4v) is 1.23. The van der Waals surface area contributed by atoms with Crippen LogP contribution in [0.3, 0.4) is 0 Å². The van der Waals surface area contributed by atoms with E-state index in [0.717, 1.165) is 24.6 Å². The molecule has 0 aliphatic heterocycles. The van der Waals surface area contributed by atoms with E-state index in [2.05, 4.69) is 20.5 Å². The fourth-order valence-electron chi connectivity index (χ4n) is 1.23. The van der Waals surface area contributed by atoms with E-state index < -0.39 is 0 Å². The van der Waals surface area contributed by atoms with Crippen LogP contribution in [0.15, 0.2) is 18.3 Å². The molecule has 0 aliphatic carbocycles. The Labute approximate surface area is 102 Å². The summed E-state index contributed by atoms with van der Waals surface area (Å²) in [5.74, 6) is 0.821. The molecule has 0 radical (unpaired) electrons. The highest BCUT2D eigenvalue weighted by Crippen LogP contribution is 2.09. The van der Waals surface area contributed by atoms with Gasteiger partial charge in [0.1, 0.15) is 5.82 Å². The van der Waals surface area contributed by atoms with Crippen molar-refractivity contribution in [2.24, 2.45) is 0 Å². The number of nitrogens with zero attached hydrogens (tertiary/aromatic N) is 2. The minimum Gasteiger partial charge on any atom is -0.369 e. The minimum absolute atomic E-state index is 0.000108. The zero-order valence-electron chi connectivity index (χ0n) is 10.7. The Morgan fingerprint density at radius 1 is 1.41 bits per heavy atom. The monoisotopic (exact) mass is 236 g/mol. The lowest BCUT2D eigenvalue weighted by molar-refractivity contribution is -0.115. The standard InChI is InChI=1S/C12H20N4O/c1-4-12(17)15-10-5-6-11(14-9-10)13-7-8-16(2)3/h5-6,9H,4,7-8H2,1-3H3,(H,13,14)(H,15,17). The van der Waals surface area contributed by atoms with Crippen molar-refractivity contribution in [3.63, 3.8) is 0 Å². The smallest absolute Gasteiger partial charge is 0.224 e. The largest absolute Gasteiger partial charge is 0.369 e. The van der Waals surface area contributed by atoms with Crippen molar-refractivity contribution in [1.82, 2.24) is 9.88 Å². The van der Waals surface area contributed by atoms with Crippen LogP contribution in [-0.2, 0) is 4.79 Å². The molecule has 2 N–H and O–H groups in total. The van der Waals surface area contributed by atoms with Crippen LogP contribution in [0.4, 0.5) is 11.5 Å². The van der Waals surface area contributed by atoms with Crippen molar-refractivity contribution in [1.29, 1.82) is 0 Å². The second kappa shape index (κ2) is 6.85. The highest BCUT2D eigenvalue weighted by Gasteiger charge is 1.99. The first kappa shape index (κ1) is 13.4. The van der Waals surface area contributed by atoms with Crippen LogP contribution in [0.25, 0.3) is 0 Å². The normalized spacial score (nSPS) is 10.4. The maximum atomic E-state index is 11.2. The van der Waals surface area contributed by atoms with E-state index in [-0.39, 0.29) is 5.91 Å². The van der Waals surface area contributed by atoms with Gasteiger partial charge >= 0.3 is 0 Å². The summed E-state index contributed by atoms with van der Waals surface area (Å²) in [6.07, 6.45) is 2.13. The number of rotatable bonds is 6. The molecule has 1 amide bonds. The number of amides is 1. The van der Waals surface area contributed by atoms with E-state index in [9.17, 15) is 4.79 Å². The lowest BCUT2D eigenvalue weighted by atomic mass is 10.3. The summed E-state index contributed by atoms with van der Waals surface area (Å²) in [6, 6.07) is 3.71. The zero-order chi connectivity index (χ0) is 12.7. The van der Waals surface area contributed by atoms with Gasteiger partial charge in [0.15, 0.2) is 0 Å². The van der Waals surface area contributed by atoms with Gasteiger partial charge in [0.2, 0.25) is 5.91 Å². The van der Waals surface area contributed by atoms with Crippen LogP contribution < -0.4 is 10.6 Å². The Kier molecular flexibility index (Phi) is 5.42. The van der Waals surface area contributed by atoms with Crippen LogP contribution in [-0.4, -0.2) is 43.0 Å². The average molecular weight is 236 g/mol. The fraction of sp³-hybridized carbons (Fsp3) is 0.500. The third kappa shape index (κ3) is 5.31. The van der Waals surface area contributed by atoms with Crippen molar-refractivity contribution in [2.75, 3.05) is 37.8 Å². The molecular formula is C12H20N4O. The van der Waals surface area contributed by atoms with Crippen LogP contribution >= 0.6 is 0 Å². The first-order valence-electron chi connectivity index (χ1n) is 5.76. The summed E-state index contributed by atoms with van der Waals surface area (Å²) >= 11 is 0. The second-order valence-electron chi connectivity index (χ2n) is 4.06. The molecule has 1 rings (SSSR count). The quantitative estimate of drug-likeness (QED) is 0.784. The van der Waals surface area contributed by atoms with Gasteiger partial charge in [0.05, 0.1) is 11.9 Å². The number of carbonyl (C=O) groups excluding carboxylic acids is 1. The number of pyridine rings is 1. The van der Waals surface area contributed by atoms with Crippen LogP contribution in [0.5, 0.6) is 0 Å². The van der Waals surface area contributed by atoms with E-state index in [4.69, 9.17) is 0 Å². The summed E-state index contributed by atoms with van der Waals surface area (Å²) in [4.78, 5) is 17.5. The maximum Gasteiger partial charge on any atom is 0.224 e. The molecule has 0 spiro atoms. The molecule has 17 heavy (non-hydrogen) atoms. The third-order valence-electron chi connectivity index (χ3n) is 2.23. The van der Waals surface area contributed by atoms with Gasteiger partial charge in [0.25, 0.3) is 0 Å². The molecule has 0 bridgehead atoms. The van der Waals surface area contributed by atoms with Crippen LogP contribution in [0.1, 0.15) is 13.3 Å². The summed E-state index contributed by atoms with van der Waals surface area (Å²) in [5.41, 5.74) is 0.731. The third-order valence-corrected chi connectivity index (χ3v) is 2.23. The van der Waals surface area contributed by atoms with Gasteiger partial charge in [-0.1, -0.05) is 6.92 Å². The molecule has 0 fully saturated rings. The molecule has 0 aliphatic rings. The van der Waals surface area contributed by atoms with E-state index in [0.29, 0.717) is 6.42 Å². The van der Waals surface area contributed by atoms with E-state index in [1.165, 1.54) is 0 Å². The Morgan fingerprint density at radius 2 is 2.18 bits per heavy atom. The Bertz CT molecular complexity index is 348. The summed E-state index contributed by atoms with van der Waals surface area (Å²) < 4.78 is 0. The van der Waals surface area contributed by atoms with Gasteiger partial charge in [-0.05, 0) is 26.2 Å². The predicted octanol–water partition coefficient (Wildman–Crippen LogP) is 1.40. The van der Waals surface area contributed by atoms with Crippen molar-refractivity contribution in [3.05, 3.63) is 18.3 Å². The Hall–Kier alpha value is -1.62. The van der Waals surface area contributed by atoms with Gasteiger partial charge in [-0.25, -0.2) is 4.98 Å². The molecule has 94 valence electrons. The highest BCUT2D eigenvalue weighted by molar-refractivity contribution is 5.90. The summed E-state index contributed by atoms with van der Waals surface area (Å²) in [6.45, 7) is 3.62. The van der Waals surface area contributed by atoms with Crippen LogP contribution in [0.2, 0.25) is 0 Å². The number of hydrogen-bond donors (Lipinski definition) is 2. The summed E-state index contributed by atoms with van der Waals surface area (Å²) in [7, 11) is 4.05. The van der Waals surface area contributed by atoms with E-state index in [1.54, 1.807) is 6.20 Å². The van der Waals surface area contributed by atoms with Crippen molar-refractivity contribution >= 4 is 17.4 Å². The second-order valence-corrected chi connectivity index (χ2v) is 4.06. The number of likely N-dealkylation sites (N-methyl/N-ethyl adjacent to an activating group) is 1. The molecular weight excluding hydrogens is 216 g/mol. The van der Waals surface area contributed by atoms with E-state index >= 15 is 0 Å². The molecule has 5 nitrogen and oxygen atoms in total. The van der Waals surface area contributed by atoms with Crippen LogP contribution in [0, 0.1) is 0 Å². The minimum atomic E-state index is 0.000108. The van der Waals surface area contributed by atoms with Crippen molar-refractivity contribution in [2.45, 2.75) is 13.3 Å². The first-order chi connectivity index (χ1) is 8.11. The molecule has 0 unspecified atom stereocenters. The van der Waals surface area contributed by atoms with Gasteiger partial charge < -0.3 is 15.5 Å². The van der Waals surface area contributed by atoms with E-state index in [1.807, 2.05) is 33.2 Å². The lowest BCUT2D eigenvalue weighted by Gasteiger charge is -2.11. The van der Waals surface area contributed by atoms with Crippen molar-refractivity contribution < 1.29 is 4.79 Å². The molecule has 1 heterocycles. The molecule has 0 saturated carbocycles. The highest BCUT2D eigenvalue weighted by atomic mass is 16.1. The number of anilines is 2. The molecule has 0 aromatic carbocycles. The number of carbonyl (C=O) groups is 1. The molecule has 0 atom stereocenters. The maximum absolute atomic E-state index is 11.2. The van der Waals surface area contributed by atoms with Crippen molar-refractivity contribution in [3.8, 4) is 0 Å². The van der Waals surface area contributed by atoms with Gasteiger partial charge in [0, 0.05) is 19.5 Å². The molecule has 0 saturated heterocycles. The number of hydrogen-bond acceptors (Lipinski definition) is 4. The van der Waals surface area contributed by atoms with Gasteiger partial charge in [-0.3, -0.25) is 4.79 Å².